The molecule has 3 rings (SSSR count). The van der Waals surface area contributed by atoms with Crippen LogP contribution in [0.25, 0.3) is 0 Å². The van der Waals surface area contributed by atoms with Crippen LogP contribution in [0, 0.1) is 0 Å². The third-order valence-electron chi connectivity index (χ3n) is 3.75. The molecule has 1 atom stereocenters. The van der Waals surface area contributed by atoms with Crippen LogP contribution in [0.1, 0.15) is 11.1 Å². The van der Waals surface area contributed by atoms with Gasteiger partial charge in [0.05, 0.1) is 32.5 Å². The predicted molar refractivity (Wildman–Crippen MR) is 84.7 cm³/mol. The minimum atomic E-state index is 0.186. The number of benzene rings is 1. The smallest absolute Gasteiger partial charge is 0.0936 e. The molecular formula is C17H23N3O2. The lowest BCUT2D eigenvalue weighted by molar-refractivity contribution is -0.0962. The Labute approximate surface area is 131 Å². The lowest BCUT2D eigenvalue weighted by atomic mass is 10.1. The summed E-state index contributed by atoms with van der Waals surface area (Å²) >= 11 is 0. The Bertz CT molecular complexity index is 565. The van der Waals surface area contributed by atoms with Crippen LogP contribution >= 0.6 is 0 Å². The molecule has 1 fully saturated rings. The van der Waals surface area contributed by atoms with Crippen molar-refractivity contribution in [2.24, 2.45) is 0 Å². The molecule has 0 saturated carbocycles. The summed E-state index contributed by atoms with van der Waals surface area (Å²) in [5.74, 6) is 0. The Hall–Kier alpha value is -1.69. The van der Waals surface area contributed by atoms with Crippen LogP contribution in [0.3, 0.4) is 0 Å². The van der Waals surface area contributed by atoms with E-state index in [4.69, 9.17) is 9.47 Å². The zero-order valence-corrected chi connectivity index (χ0v) is 13.0. The Morgan fingerprint density at radius 3 is 2.95 bits per heavy atom. The van der Waals surface area contributed by atoms with Crippen molar-refractivity contribution < 1.29 is 9.47 Å². The number of rotatable bonds is 6. The second-order valence-corrected chi connectivity index (χ2v) is 5.79. The second-order valence-electron chi connectivity index (χ2n) is 5.79. The van der Waals surface area contributed by atoms with E-state index in [1.165, 1.54) is 11.1 Å². The Balaban J connectivity index is 1.55. The van der Waals surface area contributed by atoms with E-state index in [0.29, 0.717) is 13.2 Å². The fraction of sp³-hybridized carbons (Fsp3) is 0.471. The molecule has 1 aliphatic rings. The van der Waals surface area contributed by atoms with Gasteiger partial charge in [-0.15, -0.1) is 0 Å². The summed E-state index contributed by atoms with van der Waals surface area (Å²) < 4.78 is 13.1. The first-order chi connectivity index (χ1) is 10.8. The van der Waals surface area contributed by atoms with Crippen molar-refractivity contribution in [3.8, 4) is 0 Å². The largest absolute Gasteiger partial charge is 0.376 e. The van der Waals surface area contributed by atoms with Crippen molar-refractivity contribution in [2.45, 2.75) is 19.2 Å². The van der Waals surface area contributed by atoms with E-state index >= 15 is 0 Å². The van der Waals surface area contributed by atoms with Crippen molar-refractivity contribution >= 4 is 0 Å². The highest BCUT2D eigenvalue weighted by Crippen LogP contribution is 2.10. The second kappa shape index (κ2) is 7.54. The Morgan fingerprint density at radius 2 is 2.18 bits per heavy atom. The molecule has 1 aromatic carbocycles. The van der Waals surface area contributed by atoms with E-state index in [1.54, 1.807) is 0 Å². The molecule has 0 amide bonds. The number of nitrogens with zero attached hydrogens (tertiary/aromatic N) is 3. The molecule has 0 bridgehead atoms. The predicted octanol–water partition coefficient (Wildman–Crippen LogP) is 1.78. The van der Waals surface area contributed by atoms with Crippen LogP contribution in [0.5, 0.6) is 0 Å². The summed E-state index contributed by atoms with van der Waals surface area (Å²) in [7, 11) is 2.12. The lowest BCUT2D eigenvalue weighted by Crippen LogP contribution is -2.38. The van der Waals surface area contributed by atoms with Gasteiger partial charge >= 0.3 is 0 Å². The zero-order chi connectivity index (χ0) is 15.2. The third-order valence-corrected chi connectivity index (χ3v) is 3.75. The van der Waals surface area contributed by atoms with E-state index in [0.717, 1.165) is 26.2 Å². The minimum absolute atomic E-state index is 0.186. The number of aromatic nitrogens is 2. The molecule has 1 aliphatic heterocycles. The Morgan fingerprint density at radius 1 is 1.27 bits per heavy atom. The average molecular weight is 301 g/mol. The zero-order valence-electron chi connectivity index (χ0n) is 13.0. The lowest BCUT2D eigenvalue weighted by Gasteiger charge is -2.27. The summed E-state index contributed by atoms with van der Waals surface area (Å²) in [4.78, 5) is 2.28. The molecular weight excluding hydrogens is 278 g/mol. The quantitative estimate of drug-likeness (QED) is 0.815. The molecule has 2 aromatic rings. The van der Waals surface area contributed by atoms with Gasteiger partial charge in [-0.1, -0.05) is 24.3 Å². The van der Waals surface area contributed by atoms with E-state index in [-0.39, 0.29) is 6.10 Å². The van der Waals surface area contributed by atoms with E-state index < -0.39 is 0 Å². The van der Waals surface area contributed by atoms with Crippen LogP contribution in [-0.2, 0) is 22.6 Å². The summed E-state index contributed by atoms with van der Waals surface area (Å²) in [6.45, 7) is 4.73. The van der Waals surface area contributed by atoms with Gasteiger partial charge in [0.1, 0.15) is 0 Å². The minimum Gasteiger partial charge on any atom is -0.376 e. The third kappa shape index (κ3) is 4.40. The molecule has 0 spiro atoms. The maximum Gasteiger partial charge on any atom is 0.0936 e. The monoisotopic (exact) mass is 301 g/mol. The van der Waals surface area contributed by atoms with Crippen LogP contribution < -0.4 is 0 Å². The molecule has 1 aromatic heterocycles. The van der Waals surface area contributed by atoms with Crippen LogP contribution in [0.4, 0.5) is 0 Å². The molecule has 0 N–H and O–H groups in total. The molecule has 2 heterocycles. The van der Waals surface area contributed by atoms with Gasteiger partial charge < -0.3 is 9.47 Å². The average Bonchev–Trinajstić information content (AvgIpc) is 3.01. The highest BCUT2D eigenvalue weighted by Gasteiger charge is 2.16. The standard InChI is InChI=1S/C17H23N3O2/c1-19(13-17-14-21-8-9-22-17)11-15-4-2-5-16(10-15)12-20-7-3-6-18-20/h2-7,10,17H,8-9,11-14H2,1H3/t17-/m0/s1. The molecule has 5 heteroatoms. The van der Waals surface area contributed by atoms with Crippen LogP contribution in [0.2, 0.25) is 0 Å². The van der Waals surface area contributed by atoms with Gasteiger partial charge in [-0.2, -0.15) is 5.10 Å². The van der Waals surface area contributed by atoms with Crippen LogP contribution in [-0.4, -0.2) is 54.2 Å². The van der Waals surface area contributed by atoms with Crippen molar-refractivity contribution in [1.29, 1.82) is 0 Å². The maximum absolute atomic E-state index is 5.70. The fourth-order valence-electron chi connectivity index (χ4n) is 2.77. The van der Waals surface area contributed by atoms with Gasteiger partial charge in [0.2, 0.25) is 0 Å². The number of ether oxygens (including phenoxy) is 2. The number of likely N-dealkylation sites (N-methyl/N-ethyl adjacent to an activating group) is 1. The van der Waals surface area contributed by atoms with Gasteiger partial charge in [-0.05, 0) is 24.2 Å². The molecule has 0 unspecified atom stereocenters. The fourth-order valence-corrected chi connectivity index (χ4v) is 2.77. The van der Waals surface area contributed by atoms with Crippen molar-refractivity contribution in [3.05, 3.63) is 53.9 Å². The molecule has 0 radical (unpaired) electrons. The van der Waals surface area contributed by atoms with E-state index in [2.05, 4.69) is 41.3 Å². The van der Waals surface area contributed by atoms with Gasteiger partial charge in [-0.25, -0.2) is 0 Å². The van der Waals surface area contributed by atoms with Crippen LogP contribution in [0.15, 0.2) is 42.7 Å². The molecule has 118 valence electrons. The topological polar surface area (TPSA) is 39.5 Å². The van der Waals surface area contributed by atoms with Gasteiger partial charge in [0.15, 0.2) is 0 Å². The summed E-state index contributed by atoms with van der Waals surface area (Å²) in [5, 5.41) is 4.26. The number of hydrogen-bond acceptors (Lipinski definition) is 4. The highest BCUT2D eigenvalue weighted by atomic mass is 16.6. The SMILES string of the molecule is CN(Cc1cccc(Cn2cccn2)c1)C[C@H]1COCCO1. The van der Waals surface area contributed by atoms with E-state index in [9.17, 15) is 0 Å². The highest BCUT2D eigenvalue weighted by molar-refractivity contribution is 5.23. The molecule has 1 saturated heterocycles. The van der Waals surface area contributed by atoms with Gasteiger partial charge in [0, 0.05) is 25.5 Å². The molecule has 0 aliphatic carbocycles. The molecule has 22 heavy (non-hydrogen) atoms. The van der Waals surface area contributed by atoms with Gasteiger partial charge in [-0.3, -0.25) is 9.58 Å². The molecule has 5 nitrogen and oxygen atoms in total. The maximum atomic E-state index is 5.70. The van der Waals surface area contributed by atoms with E-state index in [1.807, 2.05) is 23.1 Å². The first-order valence-electron chi connectivity index (χ1n) is 7.73. The normalized spacial score (nSPS) is 18.7. The first kappa shape index (κ1) is 15.2. The summed E-state index contributed by atoms with van der Waals surface area (Å²) in [6.07, 6.45) is 3.98. The van der Waals surface area contributed by atoms with Crippen molar-refractivity contribution in [1.82, 2.24) is 14.7 Å². The van der Waals surface area contributed by atoms with Crippen molar-refractivity contribution in [3.63, 3.8) is 0 Å². The first-order valence-corrected chi connectivity index (χ1v) is 7.73. The van der Waals surface area contributed by atoms with Crippen molar-refractivity contribution in [2.75, 3.05) is 33.4 Å². The summed E-state index contributed by atoms with van der Waals surface area (Å²) in [5.41, 5.74) is 2.58. The van der Waals surface area contributed by atoms with Gasteiger partial charge in [0.25, 0.3) is 0 Å². The number of hydrogen-bond donors (Lipinski definition) is 0. The Kier molecular flexibility index (Phi) is 5.21. The summed E-state index contributed by atoms with van der Waals surface area (Å²) in [6, 6.07) is 10.6.